The molecular formula is C21H30N3S2+. The van der Waals surface area contributed by atoms with E-state index in [1.165, 1.54) is 54.9 Å². The standard InChI is InChI=1S/C21H29N3S2/c1-17-13-18(2)15-19(14-17)22-21(25)24(16-20-7-5-12-26-20)11-6-10-23-8-3-4-9-23/h5,7,12-15H,3-4,6,8-11,16H2,1-2H3,(H,22,25)/p+1. The first-order chi connectivity index (χ1) is 12.6. The van der Waals surface area contributed by atoms with Crippen LogP contribution in [0.5, 0.6) is 0 Å². The zero-order valence-electron chi connectivity index (χ0n) is 15.9. The Morgan fingerprint density at radius 1 is 1.19 bits per heavy atom. The molecule has 2 aromatic rings. The molecule has 0 unspecified atom stereocenters. The van der Waals surface area contributed by atoms with Crippen molar-refractivity contribution < 1.29 is 4.90 Å². The predicted molar refractivity (Wildman–Crippen MR) is 116 cm³/mol. The number of nitrogens with zero attached hydrogens (tertiary/aromatic N) is 1. The van der Waals surface area contributed by atoms with Crippen LogP contribution in [0.1, 0.15) is 35.3 Å². The first kappa shape index (κ1) is 19.3. The molecule has 140 valence electrons. The van der Waals surface area contributed by atoms with Gasteiger partial charge in [-0.2, -0.15) is 0 Å². The Bertz CT molecular complexity index is 686. The van der Waals surface area contributed by atoms with Crippen molar-refractivity contribution in [3.05, 3.63) is 51.7 Å². The lowest BCUT2D eigenvalue weighted by Crippen LogP contribution is -3.10. The van der Waals surface area contributed by atoms with Gasteiger partial charge in [0.1, 0.15) is 0 Å². The maximum atomic E-state index is 5.78. The second-order valence-corrected chi connectivity index (χ2v) is 8.79. The van der Waals surface area contributed by atoms with Gasteiger partial charge < -0.3 is 15.1 Å². The highest BCUT2D eigenvalue weighted by Crippen LogP contribution is 2.17. The number of aryl methyl sites for hydroxylation is 2. The molecule has 1 fully saturated rings. The van der Waals surface area contributed by atoms with Crippen molar-refractivity contribution in [1.29, 1.82) is 0 Å². The number of benzene rings is 1. The molecular weight excluding hydrogens is 358 g/mol. The van der Waals surface area contributed by atoms with Gasteiger partial charge in [-0.25, -0.2) is 0 Å². The fourth-order valence-electron chi connectivity index (χ4n) is 3.74. The van der Waals surface area contributed by atoms with E-state index < -0.39 is 0 Å². The van der Waals surface area contributed by atoms with Crippen molar-refractivity contribution >= 4 is 34.4 Å². The average Bonchev–Trinajstić information content (AvgIpc) is 3.26. The lowest BCUT2D eigenvalue weighted by Gasteiger charge is -2.26. The van der Waals surface area contributed by atoms with Gasteiger partial charge in [0.05, 0.1) is 26.2 Å². The lowest BCUT2D eigenvalue weighted by atomic mass is 10.1. The Labute approximate surface area is 167 Å². The topological polar surface area (TPSA) is 19.7 Å². The fraction of sp³-hybridized carbons (Fsp3) is 0.476. The smallest absolute Gasteiger partial charge is 0.173 e. The van der Waals surface area contributed by atoms with E-state index in [9.17, 15) is 0 Å². The molecule has 0 radical (unpaired) electrons. The number of likely N-dealkylation sites (tertiary alicyclic amines) is 1. The molecule has 1 saturated heterocycles. The number of rotatable bonds is 7. The van der Waals surface area contributed by atoms with Gasteiger partial charge in [-0.15, -0.1) is 11.3 Å². The Hall–Kier alpha value is -1.43. The molecule has 3 rings (SSSR count). The Kier molecular flexibility index (Phi) is 7.06. The normalized spacial score (nSPS) is 14.5. The molecule has 1 aliphatic rings. The number of thiocarbonyl (C=S) groups is 1. The summed E-state index contributed by atoms with van der Waals surface area (Å²) in [5, 5.41) is 6.44. The van der Waals surface area contributed by atoms with Crippen molar-refractivity contribution in [2.75, 3.05) is 31.5 Å². The first-order valence-electron chi connectivity index (χ1n) is 9.60. The Morgan fingerprint density at radius 2 is 1.92 bits per heavy atom. The summed E-state index contributed by atoms with van der Waals surface area (Å²) in [7, 11) is 0. The third-order valence-corrected chi connectivity index (χ3v) is 6.18. The second-order valence-electron chi connectivity index (χ2n) is 7.37. The maximum absolute atomic E-state index is 5.78. The summed E-state index contributed by atoms with van der Waals surface area (Å²) in [6.07, 6.45) is 3.97. The monoisotopic (exact) mass is 388 g/mol. The molecule has 0 aliphatic carbocycles. The fourth-order valence-corrected chi connectivity index (χ4v) is 4.73. The van der Waals surface area contributed by atoms with Gasteiger partial charge in [0.2, 0.25) is 0 Å². The van der Waals surface area contributed by atoms with Gasteiger partial charge in [-0.05, 0) is 60.8 Å². The van der Waals surface area contributed by atoms with Gasteiger partial charge in [0.25, 0.3) is 0 Å². The van der Waals surface area contributed by atoms with Crippen LogP contribution >= 0.6 is 23.6 Å². The van der Waals surface area contributed by atoms with Crippen LogP contribution in [-0.2, 0) is 6.54 Å². The van der Waals surface area contributed by atoms with Crippen LogP contribution in [0.2, 0.25) is 0 Å². The van der Waals surface area contributed by atoms with Crippen LogP contribution in [0.25, 0.3) is 0 Å². The Balaban J connectivity index is 1.61. The number of hydrogen-bond acceptors (Lipinski definition) is 2. The van der Waals surface area contributed by atoms with Gasteiger partial charge in [0.15, 0.2) is 5.11 Å². The number of quaternary nitrogens is 1. The molecule has 5 heteroatoms. The van der Waals surface area contributed by atoms with Crippen LogP contribution < -0.4 is 10.2 Å². The molecule has 0 saturated carbocycles. The molecule has 1 aliphatic heterocycles. The van der Waals surface area contributed by atoms with Crippen molar-refractivity contribution in [3.8, 4) is 0 Å². The van der Waals surface area contributed by atoms with Crippen LogP contribution in [0, 0.1) is 13.8 Å². The van der Waals surface area contributed by atoms with Crippen LogP contribution in [0.15, 0.2) is 35.7 Å². The molecule has 2 N–H and O–H groups in total. The number of thiophene rings is 1. The van der Waals surface area contributed by atoms with Crippen LogP contribution in [-0.4, -0.2) is 36.2 Å². The van der Waals surface area contributed by atoms with E-state index in [0.29, 0.717) is 0 Å². The van der Waals surface area contributed by atoms with E-state index in [-0.39, 0.29) is 0 Å². The van der Waals surface area contributed by atoms with Gasteiger partial charge in [-0.3, -0.25) is 0 Å². The highest BCUT2D eigenvalue weighted by atomic mass is 32.1. The van der Waals surface area contributed by atoms with Gasteiger partial charge in [0, 0.05) is 36.4 Å². The lowest BCUT2D eigenvalue weighted by molar-refractivity contribution is -0.887. The average molecular weight is 389 g/mol. The van der Waals surface area contributed by atoms with E-state index in [4.69, 9.17) is 12.2 Å². The first-order valence-corrected chi connectivity index (χ1v) is 10.9. The van der Waals surface area contributed by atoms with E-state index in [1.54, 1.807) is 16.2 Å². The number of nitrogens with one attached hydrogen (secondary N) is 2. The molecule has 0 spiro atoms. The zero-order valence-corrected chi connectivity index (χ0v) is 17.5. The number of hydrogen-bond donors (Lipinski definition) is 2. The third-order valence-electron chi connectivity index (χ3n) is 4.96. The minimum atomic E-state index is 0.833. The minimum absolute atomic E-state index is 0.833. The van der Waals surface area contributed by atoms with E-state index in [2.05, 4.69) is 59.8 Å². The summed E-state index contributed by atoms with van der Waals surface area (Å²) < 4.78 is 0. The van der Waals surface area contributed by atoms with Gasteiger partial charge >= 0.3 is 0 Å². The van der Waals surface area contributed by atoms with Crippen LogP contribution in [0.4, 0.5) is 5.69 Å². The Morgan fingerprint density at radius 3 is 2.58 bits per heavy atom. The molecule has 0 amide bonds. The molecule has 0 atom stereocenters. The molecule has 1 aromatic carbocycles. The zero-order chi connectivity index (χ0) is 18.4. The van der Waals surface area contributed by atoms with Crippen molar-refractivity contribution in [2.45, 2.75) is 39.7 Å². The van der Waals surface area contributed by atoms with E-state index in [0.717, 1.165) is 23.9 Å². The SMILES string of the molecule is Cc1cc(C)cc(NC(=S)N(CCC[NH+]2CCCC2)Cc2cccs2)c1. The highest BCUT2D eigenvalue weighted by molar-refractivity contribution is 7.80. The maximum Gasteiger partial charge on any atom is 0.173 e. The molecule has 1 aromatic heterocycles. The number of anilines is 1. The van der Waals surface area contributed by atoms with Crippen molar-refractivity contribution in [3.63, 3.8) is 0 Å². The summed E-state index contributed by atoms with van der Waals surface area (Å²) in [4.78, 5) is 5.45. The largest absolute Gasteiger partial charge is 0.344 e. The highest BCUT2D eigenvalue weighted by Gasteiger charge is 2.17. The summed E-state index contributed by atoms with van der Waals surface area (Å²) in [6.45, 7) is 10.1. The van der Waals surface area contributed by atoms with Crippen LogP contribution in [0.3, 0.4) is 0 Å². The summed E-state index contributed by atoms with van der Waals surface area (Å²) >= 11 is 7.58. The molecule has 3 nitrogen and oxygen atoms in total. The van der Waals surface area contributed by atoms with E-state index in [1.807, 2.05) is 0 Å². The minimum Gasteiger partial charge on any atom is -0.344 e. The van der Waals surface area contributed by atoms with Crippen molar-refractivity contribution in [2.24, 2.45) is 0 Å². The molecule has 2 heterocycles. The summed E-state index contributed by atoms with van der Waals surface area (Å²) in [5.41, 5.74) is 3.62. The van der Waals surface area contributed by atoms with Gasteiger partial charge in [-0.1, -0.05) is 12.1 Å². The summed E-state index contributed by atoms with van der Waals surface area (Å²) in [6, 6.07) is 10.8. The predicted octanol–water partition coefficient (Wildman–Crippen LogP) is 3.63. The van der Waals surface area contributed by atoms with E-state index >= 15 is 0 Å². The summed E-state index contributed by atoms with van der Waals surface area (Å²) in [5.74, 6) is 0. The quantitative estimate of drug-likeness (QED) is 0.707. The molecule has 26 heavy (non-hydrogen) atoms. The second kappa shape index (κ2) is 9.49. The third kappa shape index (κ3) is 5.79. The van der Waals surface area contributed by atoms with Crippen molar-refractivity contribution in [1.82, 2.24) is 4.90 Å². The molecule has 0 bridgehead atoms.